The van der Waals surface area contributed by atoms with E-state index in [2.05, 4.69) is 11.1 Å². The van der Waals surface area contributed by atoms with Crippen LogP contribution in [-0.4, -0.2) is 17.3 Å². The predicted molar refractivity (Wildman–Crippen MR) is 178 cm³/mol. The van der Waals surface area contributed by atoms with E-state index >= 15 is 0 Å². The van der Waals surface area contributed by atoms with Gasteiger partial charge in [-0.2, -0.15) is 31.6 Å². The fourth-order valence-electron chi connectivity index (χ4n) is 6.68. The standard InChI is InChI=1S/C40H30F6N2O/c1-23-17-28(26-13-15-38(16-14-26,39(41,42)43)40(44,45)46)9-11-30(23)34-20-35(48-22-24(34)2)33-8-4-7-32-31-12-10-29(19-36(31)49-37(32)33)27-6-3-5-25(18-27)21-47/h3-12,17-20,22,26H,13-16H2,1-2H3/i1D3,2D3,11D,26D. The molecule has 4 aromatic carbocycles. The van der Waals surface area contributed by atoms with Crippen molar-refractivity contribution in [2.24, 2.45) is 5.41 Å². The van der Waals surface area contributed by atoms with Crippen LogP contribution in [0.2, 0.25) is 0 Å². The molecular formula is C40H30F6N2O. The summed E-state index contributed by atoms with van der Waals surface area (Å²) in [5.41, 5.74) is -2.52. The van der Waals surface area contributed by atoms with Crippen LogP contribution < -0.4 is 0 Å². The zero-order valence-corrected chi connectivity index (χ0v) is 25.5. The number of hydrogen-bond donors (Lipinski definition) is 0. The molecule has 0 radical (unpaired) electrons. The first-order valence-corrected chi connectivity index (χ1v) is 15.2. The van der Waals surface area contributed by atoms with Crippen LogP contribution in [0.1, 0.15) is 64.8 Å². The average molecular weight is 677 g/mol. The third-order valence-corrected chi connectivity index (χ3v) is 9.41. The molecule has 0 unspecified atom stereocenters. The fraction of sp³-hybridized carbons (Fsp3) is 0.250. The molecule has 1 aliphatic carbocycles. The molecule has 2 heterocycles. The highest BCUT2D eigenvalue weighted by Crippen LogP contribution is 2.60. The Kier molecular flexibility index (Phi) is 5.80. The summed E-state index contributed by atoms with van der Waals surface area (Å²) in [6, 6.07) is 22.5. The van der Waals surface area contributed by atoms with Crippen molar-refractivity contribution >= 4 is 21.9 Å². The van der Waals surface area contributed by atoms with E-state index in [0.29, 0.717) is 27.7 Å². The lowest BCUT2D eigenvalue weighted by molar-refractivity contribution is -0.350. The van der Waals surface area contributed by atoms with E-state index in [9.17, 15) is 31.6 Å². The summed E-state index contributed by atoms with van der Waals surface area (Å²) in [6.45, 7) is -5.96. The number of fused-ring (bicyclic) bond motifs is 3. The molecule has 0 aliphatic heterocycles. The van der Waals surface area contributed by atoms with Crippen molar-refractivity contribution in [2.75, 3.05) is 0 Å². The highest BCUT2D eigenvalue weighted by Gasteiger charge is 2.70. The number of furan rings is 1. The normalized spacial score (nSPS) is 19.0. The van der Waals surface area contributed by atoms with E-state index < -0.39 is 80.2 Å². The van der Waals surface area contributed by atoms with Crippen LogP contribution in [0.25, 0.3) is 55.4 Å². The number of aromatic nitrogens is 1. The van der Waals surface area contributed by atoms with E-state index in [1.807, 2.05) is 18.2 Å². The highest BCUT2D eigenvalue weighted by atomic mass is 19.4. The van der Waals surface area contributed by atoms with Gasteiger partial charge in [0.15, 0.2) is 5.41 Å². The van der Waals surface area contributed by atoms with Gasteiger partial charge in [-0.25, -0.2) is 0 Å². The van der Waals surface area contributed by atoms with Gasteiger partial charge in [0.05, 0.1) is 18.7 Å². The second-order valence-electron chi connectivity index (χ2n) is 12.2. The number of nitriles is 1. The van der Waals surface area contributed by atoms with E-state index in [4.69, 9.17) is 15.4 Å². The van der Waals surface area contributed by atoms with Gasteiger partial charge < -0.3 is 4.42 Å². The van der Waals surface area contributed by atoms with Gasteiger partial charge in [-0.1, -0.05) is 48.5 Å². The number of benzene rings is 4. The Balaban J connectivity index is 1.36. The number of pyridine rings is 1. The zero-order chi connectivity index (χ0) is 41.5. The molecule has 0 spiro atoms. The summed E-state index contributed by atoms with van der Waals surface area (Å²) in [6.07, 6.45) is -15.1. The Morgan fingerprint density at radius 3 is 2.29 bits per heavy atom. The topological polar surface area (TPSA) is 49.8 Å². The van der Waals surface area contributed by atoms with Gasteiger partial charge in [-0.3, -0.25) is 4.98 Å². The third-order valence-electron chi connectivity index (χ3n) is 9.41. The molecule has 1 fully saturated rings. The molecule has 49 heavy (non-hydrogen) atoms. The van der Waals surface area contributed by atoms with Gasteiger partial charge in [-0.15, -0.1) is 0 Å². The van der Waals surface area contributed by atoms with Crippen molar-refractivity contribution in [1.82, 2.24) is 4.98 Å². The van der Waals surface area contributed by atoms with Crippen molar-refractivity contribution in [2.45, 2.75) is 57.6 Å². The van der Waals surface area contributed by atoms with Gasteiger partial charge in [-0.05, 0) is 121 Å². The molecule has 0 N–H and O–H groups in total. The molecular weight excluding hydrogens is 638 g/mol. The van der Waals surface area contributed by atoms with Crippen molar-refractivity contribution in [3.8, 4) is 39.6 Å². The van der Waals surface area contributed by atoms with Crippen LogP contribution in [0.15, 0.2) is 95.5 Å². The summed E-state index contributed by atoms with van der Waals surface area (Å²) in [5, 5.41) is 10.8. The van der Waals surface area contributed by atoms with Crippen LogP contribution in [0.4, 0.5) is 26.3 Å². The highest BCUT2D eigenvalue weighted by molar-refractivity contribution is 6.10. The first-order valence-electron chi connectivity index (χ1n) is 19.2. The van der Waals surface area contributed by atoms with Crippen molar-refractivity contribution in [1.29, 1.82) is 5.26 Å². The number of aryl methyl sites for hydroxylation is 2. The largest absolute Gasteiger partial charge is 0.455 e. The second kappa shape index (κ2) is 11.8. The van der Waals surface area contributed by atoms with Crippen LogP contribution >= 0.6 is 0 Å². The minimum absolute atomic E-state index is 0.143. The maximum absolute atomic E-state index is 13.9. The average Bonchev–Trinajstić information content (AvgIpc) is 3.51. The maximum Gasteiger partial charge on any atom is 0.403 e. The third kappa shape index (κ3) is 5.53. The molecule has 0 saturated heterocycles. The van der Waals surface area contributed by atoms with Crippen LogP contribution in [-0.2, 0) is 0 Å². The Bertz CT molecular complexity index is 2580. The summed E-state index contributed by atoms with van der Waals surface area (Å²) >= 11 is 0. The summed E-state index contributed by atoms with van der Waals surface area (Å²) in [5.74, 6) is -2.11. The lowest BCUT2D eigenvalue weighted by Gasteiger charge is -2.42. The van der Waals surface area contributed by atoms with Crippen molar-refractivity contribution in [3.05, 3.63) is 113 Å². The van der Waals surface area contributed by atoms with Gasteiger partial charge >= 0.3 is 12.4 Å². The van der Waals surface area contributed by atoms with E-state index in [1.165, 1.54) is 6.07 Å². The van der Waals surface area contributed by atoms with E-state index in [1.54, 1.807) is 42.5 Å². The van der Waals surface area contributed by atoms with Gasteiger partial charge in [0.2, 0.25) is 0 Å². The number of rotatable bonds is 4. The Morgan fingerprint density at radius 1 is 0.837 bits per heavy atom. The fourth-order valence-corrected chi connectivity index (χ4v) is 6.68. The molecule has 0 bridgehead atoms. The van der Waals surface area contributed by atoms with E-state index in [0.717, 1.165) is 34.8 Å². The zero-order valence-electron chi connectivity index (χ0n) is 33.5. The summed E-state index contributed by atoms with van der Waals surface area (Å²) in [7, 11) is 0. The van der Waals surface area contributed by atoms with Gasteiger partial charge in [0.1, 0.15) is 11.2 Å². The van der Waals surface area contributed by atoms with Crippen molar-refractivity contribution in [3.63, 3.8) is 0 Å². The second-order valence-corrected chi connectivity index (χ2v) is 12.2. The Hall–Kier alpha value is -5.10. The maximum atomic E-state index is 13.9. The first-order chi connectivity index (χ1) is 26.5. The predicted octanol–water partition coefficient (Wildman–Crippen LogP) is 12.2. The molecule has 0 atom stereocenters. The van der Waals surface area contributed by atoms with Crippen LogP contribution in [0.5, 0.6) is 0 Å². The molecule has 9 heteroatoms. The summed E-state index contributed by atoms with van der Waals surface area (Å²) < 4.78 is 157. The number of halogens is 6. The Labute approximate surface area is 290 Å². The molecule has 2 aromatic heterocycles. The molecule has 0 amide bonds. The first kappa shape index (κ1) is 24.1. The van der Waals surface area contributed by atoms with Crippen LogP contribution in [0, 0.1) is 30.4 Å². The minimum atomic E-state index is -5.65. The number of para-hydroxylation sites is 1. The molecule has 7 rings (SSSR count). The monoisotopic (exact) mass is 676 g/mol. The minimum Gasteiger partial charge on any atom is -0.455 e. The van der Waals surface area contributed by atoms with E-state index in [-0.39, 0.29) is 22.4 Å². The quantitative estimate of drug-likeness (QED) is 0.175. The van der Waals surface area contributed by atoms with Crippen molar-refractivity contribution < 1.29 is 41.7 Å². The molecule has 1 aliphatic rings. The molecule has 3 nitrogen and oxygen atoms in total. The number of nitrogens with zero attached hydrogens (tertiary/aromatic N) is 2. The number of hydrogen-bond acceptors (Lipinski definition) is 3. The molecule has 6 aromatic rings. The lowest BCUT2D eigenvalue weighted by atomic mass is 9.67. The summed E-state index contributed by atoms with van der Waals surface area (Å²) in [4.78, 5) is 4.42. The van der Waals surface area contributed by atoms with Gasteiger partial charge in [0, 0.05) is 32.1 Å². The Morgan fingerprint density at radius 2 is 1.57 bits per heavy atom. The molecule has 248 valence electrons. The van der Waals surface area contributed by atoms with Gasteiger partial charge in [0.25, 0.3) is 0 Å². The SMILES string of the molecule is [2H]c1cc(C2([2H])CCC(C(F)(F)F)(C(F)(F)F)CC2)cc(C([2H])([2H])[2H])c1-c1cc(-c2cccc3c2oc2cc(-c4cccc(C#N)c4)ccc23)ncc1C([2H])([2H])[2H]. The number of alkyl halides is 6. The van der Waals surface area contributed by atoms with Crippen LogP contribution in [0.3, 0.4) is 0 Å². The smallest absolute Gasteiger partial charge is 0.403 e. The molecule has 1 saturated carbocycles. The lowest BCUT2D eigenvalue weighted by Crippen LogP contribution is -2.51.